The van der Waals surface area contributed by atoms with Crippen LogP contribution in [0.2, 0.25) is 0 Å². The van der Waals surface area contributed by atoms with Crippen molar-refractivity contribution in [1.82, 2.24) is 9.80 Å². The van der Waals surface area contributed by atoms with Gasteiger partial charge in [0.05, 0.1) is 19.9 Å². The zero-order valence-corrected chi connectivity index (χ0v) is 17.5. The van der Waals surface area contributed by atoms with E-state index in [1.807, 2.05) is 36.4 Å². The summed E-state index contributed by atoms with van der Waals surface area (Å²) < 4.78 is 10.9. The first kappa shape index (κ1) is 20.7. The maximum Gasteiger partial charge on any atom is 0.173 e. The molecule has 5 nitrogen and oxygen atoms in total. The summed E-state index contributed by atoms with van der Waals surface area (Å²) in [5.41, 5.74) is 0.932. The molecule has 0 unspecified atom stereocenters. The Morgan fingerprint density at radius 2 is 2.00 bits per heavy atom. The second kappa shape index (κ2) is 11.1. The van der Waals surface area contributed by atoms with Crippen LogP contribution in [-0.4, -0.2) is 48.2 Å². The van der Waals surface area contributed by atoms with Crippen LogP contribution in [0.4, 0.5) is 5.69 Å². The fraction of sp³-hybridized carbons (Fsp3) is 0.500. The van der Waals surface area contributed by atoms with E-state index in [0.717, 1.165) is 36.7 Å². The van der Waals surface area contributed by atoms with Crippen molar-refractivity contribution in [3.63, 3.8) is 0 Å². The Morgan fingerprint density at radius 1 is 1.18 bits per heavy atom. The number of hydrogen-bond donors (Lipinski definition) is 1. The summed E-state index contributed by atoms with van der Waals surface area (Å²) in [6.07, 6.45) is 8.19. The van der Waals surface area contributed by atoms with E-state index in [-0.39, 0.29) is 0 Å². The average Bonchev–Trinajstić information content (AvgIpc) is 3.09. The van der Waals surface area contributed by atoms with Crippen LogP contribution in [0.25, 0.3) is 0 Å². The number of hydrogen-bond acceptors (Lipinski definition) is 4. The Balaban J connectivity index is 1.57. The number of methoxy groups -OCH3 is 1. The van der Waals surface area contributed by atoms with E-state index in [1.165, 1.54) is 38.8 Å². The molecule has 1 aromatic heterocycles. The molecule has 1 aliphatic heterocycles. The first-order valence-corrected chi connectivity index (χ1v) is 10.6. The lowest BCUT2D eigenvalue weighted by atomic mass is 10.2. The Kier molecular flexibility index (Phi) is 8.18. The van der Waals surface area contributed by atoms with Gasteiger partial charge in [-0.05, 0) is 75.4 Å². The number of furan rings is 1. The molecule has 0 atom stereocenters. The predicted molar refractivity (Wildman–Crippen MR) is 118 cm³/mol. The SMILES string of the molecule is COc1cccc(NC(=S)N(CCCN2CCCCCC2)Cc2ccco2)c1. The minimum absolute atomic E-state index is 0.669. The average molecular weight is 402 g/mol. The zero-order chi connectivity index (χ0) is 19.6. The van der Waals surface area contributed by atoms with Gasteiger partial charge in [-0.3, -0.25) is 0 Å². The molecule has 6 heteroatoms. The van der Waals surface area contributed by atoms with Crippen LogP contribution >= 0.6 is 12.2 Å². The van der Waals surface area contributed by atoms with Crippen molar-refractivity contribution in [3.8, 4) is 5.75 Å². The van der Waals surface area contributed by atoms with Gasteiger partial charge in [0, 0.05) is 18.3 Å². The lowest BCUT2D eigenvalue weighted by molar-refractivity contribution is 0.262. The van der Waals surface area contributed by atoms with Gasteiger partial charge in [0.2, 0.25) is 0 Å². The fourth-order valence-corrected chi connectivity index (χ4v) is 3.87. The lowest BCUT2D eigenvalue weighted by Gasteiger charge is -2.27. The summed E-state index contributed by atoms with van der Waals surface area (Å²) in [5, 5.41) is 4.06. The summed E-state index contributed by atoms with van der Waals surface area (Å²) in [6, 6.07) is 11.8. The van der Waals surface area contributed by atoms with Gasteiger partial charge in [0.15, 0.2) is 5.11 Å². The van der Waals surface area contributed by atoms with Crippen LogP contribution in [0.15, 0.2) is 47.1 Å². The zero-order valence-electron chi connectivity index (χ0n) is 16.7. The van der Waals surface area contributed by atoms with Crippen molar-refractivity contribution in [1.29, 1.82) is 0 Å². The molecule has 0 aliphatic carbocycles. The Hall–Kier alpha value is -2.05. The highest BCUT2D eigenvalue weighted by molar-refractivity contribution is 7.80. The normalized spacial score (nSPS) is 15.0. The second-order valence-corrected chi connectivity index (χ2v) is 7.66. The van der Waals surface area contributed by atoms with Crippen LogP contribution in [0.1, 0.15) is 37.9 Å². The van der Waals surface area contributed by atoms with Crippen molar-refractivity contribution in [2.75, 3.05) is 38.6 Å². The van der Waals surface area contributed by atoms with Crippen molar-refractivity contribution < 1.29 is 9.15 Å². The molecule has 0 amide bonds. The summed E-state index contributed by atoms with van der Waals surface area (Å²) in [7, 11) is 1.67. The second-order valence-electron chi connectivity index (χ2n) is 7.27. The standard InChI is InChI=1S/C22H31N3O2S/c1-26-20-10-6-9-19(17-20)23-22(28)25(18-21-11-7-16-27-21)15-8-14-24-12-4-2-3-5-13-24/h6-7,9-11,16-17H,2-5,8,12-15,18H2,1H3,(H,23,28). The van der Waals surface area contributed by atoms with Crippen LogP contribution in [0.5, 0.6) is 5.75 Å². The number of nitrogens with zero attached hydrogens (tertiary/aromatic N) is 2. The molecular formula is C22H31N3O2S. The predicted octanol–water partition coefficient (Wildman–Crippen LogP) is 4.75. The minimum Gasteiger partial charge on any atom is -0.497 e. The largest absolute Gasteiger partial charge is 0.497 e. The monoisotopic (exact) mass is 401 g/mol. The van der Waals surface area contributed by atoms with Gasteiger partial charge < -0.3 is 24.3 Å². The number of benzene rings is 1. The van der Waals surface area contributed by atoms with E-state index in [4.69, 9.17) is 21.4 Å². The lowest BCUT2D eigenvalue weighted by Crippen LogP contribution is -2.37. The van der Waals surface area contributed by atoms with Crippen molar-refractivity contribution >= 4 is 23.0 Å². The van der Waals surface area contributed by atoms with Crippen LogP contribution in [0, 0.1) is 0 Å². The molecular weight excluding hydrogens is 370 g/mol. The summed E-state index contributed by atoms with van der Waals surface area (Å²) in [5.74, 6) is 1.73. The molecule has 1 fully saturated rings. The van der Waals surface area contributed by atoms with Crippen LogP contribution < -0.4 is 10.1 Å². The smallest absolute Gasteiger partial charge is 0.173 e. The van der Waals surface area contributed by atoms with E-state index in [2.05, 4.69) is 15.1 Å². The van der Waals surface area contributed by atoms with Crippen LogP contribution in [0.3, 0.4) is 0 Å². The van der Waals surface area contributed by atoms with Crippen molar-refractivity contribution in [2.24, 2.45) is 0 Å². The van der Waals surface area contributed by atoms with Gasteiger partial charge >= 0.3 is 0 Å². The van der Waals surface area contributed by atoms with E-state index >= 15 is 0 Å². The van der Waals surface area contributed by atoms with E-state index in [9.17, 15) is 0 Å². The quantitative estimate of drug-likeness (QED) is 0.644. The molecule has 0 bridgehead atoms. The van der Waals surface area contributed by atoms with E-state index < -0.39 is 0 Å². The highest BCUT2D eigenvalue weighted by Crippen LogP contribution is 2.18. The highest BCUT2D eigenvalue weighted by atomic mass is 32.1. The fourth-order valence-electron chi connectivity index (χ4n) is 3.59. The molecule has 152 valence electrons. The molecule has 2 aromatic rings. The topological polar surface area (TPSA) is 40.9 Å². The number of rotatable bonds is 8. The first-order chi connectivity index (χ1) is 13.7. The Bertz CT molecular complexity index is 712. The maximum absolute atomic E-state index is 5.72. The molecule has 1 N–H and O–H groups in total. The summed E-state index contributed by atoms with van der Waals surface area (Å²) >= 11 is 5.72. The molecule has 2 heterocycles. The molecule has 1 saturated heterocycles. The van der Waals surface area contributed by atoms with Gasteiger partial charge in [-0.2, -0.15) is 0 Å². The molecule has 1 aliphatic rings. The molecule has 28 heavy (non-hydrogen) atoms. The third kappa shape index (κ3) is 6.53. The molecule has 1 aromatic carbocycles. The molecule has 3 rings (SSSR count). The maximum atomic E-state index is 5.72. The van der Waals surface area contributed by atoms with Crippen molar-refractivity contribution in [2.45, 2.75) is 38.6 Å². The number of nitrogens with one attached hydrogen (secondary N) is 1. The summed E-state index contributed by atoms with van der Waals surface area (Å²) in [4.78, 5) is 4.78. The van der Waals surface area contributed by atoms with Gasteiger partial charge in [0.1, 0.15) is 11.5 Å². The Labute approximate surface area is 173 Å². The van der Waals surface area contributed by atoms with E-state index in [0.29, 0.717) is 11.7 Å². The van der Waals surface area contributed by atoms with Gasteiger partial charge in [-0.25, -0.2) is 0 Å². The highest BCUT2D eigenvalue weighted by Gasteiger charge is 2.14. The van der Waals surface area contributed by atoms with Gasteiger partial charge in [-0.15, -0.1) is 0 Å². The number of thiocarbonyl (C=S) groups is 1. The molecule has 0 saturated carbocycles. The Morgan fingerprint density at radius 3 is 2.71 bits per heavy atom. The number of anilines is 1. The third-order valence-corrected chi connectivity index (χ3v) is 5.50. The third-order valence-electron chi connectivity index (χ3n) is 5.14. The van der Waals surface area contributed by atoms with Gasteiger partial charge in [-0.1, -0.05) is 18.9 Å². The number of ether oxygens (including phenoxy) is 1. The van der Waals surface area contributed by atoms with Crippen LogP contribution in [-0.2, 0) is 6.54 Å². The van der Waals surface area contributed by atoms with E-state index in [1.54, 1.807) is 13.4 Å². The van der Waals surface area contributed by atoms with Gasteiger partial charge in [0.25, 0.3) is 0 Å². The molecule has 0 radical (unpaired) electrons. The first-order valence-electron chi connectivity index (χ1n) is 10.2. The number of likely N-dealkylation sites (tertiary alicyclic amines) is 1. The molecule has 0 spiro atoms. The minimum atomic E-state index is 0.669. The van der Waals surface area contributed by atoms with Crippen molar-refractivity contribution in [3.05, 3.63) is 48.4 Å². The summed E-state index contributed by atoms with van der Waals surface area (Å²) in [6.45, 7) is 5.14.